The van der Waals surface area contributed by atoms with E-state index in [-0.39, 0.29) is 11.3 Å². The predicted molar refractivity (Wildman–Crippen MR) is 103 cm³/mol. The number of carbonyl (C=O) groups excluding carboxylic acids is 1. The molecule has 1 aliphatic rings. The van der Waals surface area contributed by atoms with Gasteiger partial charge in [-0.3, -0.25) is 9.59 Å². The number of rotatable bonds is 2. The van der Waals surface area contributed by atoms with Crippen LogP contribution >= 0.6 is 11.6 Å². The quantitative estimate of drug-likeness (QED) is 0.638. The zero-order valence-electron chi connectivity index (χ0n) is 13.8. The first kappa shape index (κ1) is 16.3. The zero-order valence-corrected chi connectivity index (χ0v) is 14.5. The molecule has 3 aromatic rings. The molecule has 0 aliphatic carbocycles. The lowest BCUT2D eigenvalue weighted by atomic mass is 10.1. The maximum atomic E-state index is 12.8. The number of carbonyl (C=O) groups is 1. The largest absolute Gasteiger partial charge is 0.463 e. The van der Waals surface area contributed by atoms with Crippen LogP contribution in [0.5, 0.6) is 0 Å². The minimum atomic E-state index is -0.322. The van der Waals surface area contributed by atoms with Gasteiger partial charge in [0.1, 0.15) is 11.8 Å². The Morgan fingerprint density at radius 1 is 1.12 bits per heavy atom. The number of amides is 1. The van der Waals surface area contributed by atoms with Crippen LogP contribution in [0.15, 0.2) is 74.7 Å². The molecule has 1 amide bonds. The number of halogens is 1. The van der Waals surface area contributed by atoms with E-state index in [1.807, 2.05) is 0 Å². The van der Waals surface area contributed by atoms with E-state index in [0.29, 0.717) is 38.5 Å². The smallest absolute Gasteiger partial charge is 0.280 e. The van der Waals surface area contributed by atoms with Crippen LogP contribution in [0.3, 0.4) is 0 Å². The van der Waals surface area contributed by atoms with Crippen molar-refractivity contribution in [1.82, 2.24) is 0 Å². The van der Waals surface area contributed by atoms with Gasteiger partial charge < -0.3 is 4.42 Å². The van der Waals surface area contributed by atoms with Crippen LogP contribution in [-0.4, -0.2) is 11.6 Å². The molecule has 2 heterocycles. The predicted octanol–water partition coefficient (Wildman–Crippen LogP) is 4.25. The monoisotopic (exact) mass is 364 g/mol. The third kappa shape index (κ3) is 2.72. The lowest BCUT2D eigenvalue weighted by Crippen LogP contribution is -2.21. The van der Waals surface area contributed by atoms with Crippen LogP contribution in [0.2, 0.25) is 5.02 Å². The third-order valence-electron chi connectivity index (χ3n) is 4.12. The van der Waals surface area contributed by atoms with Crippen molar-refractivity contribution in [2.45, 2.75) is 6.92 Å². The lowest BCUT2D eigenvalue weighted by molar-refractivity contribution is -0.114. The third-order valence-corrected chi connectivity index (χ3v) is 4.36. The summed E-state index contributed by atoms with van der Waals surface area (Å²) in [7, 11) is 0. The first-order valence-electron chi connectivity index (χ1n) is 7.92. The average molecular weight is 365 g/mol. The molecule has 4 rings (SSSR count). The molecule has 1 aromatic heterocycles. The summed E-state index contributed by atoms with van der Waals surface area (Å²) in [5.41, 5.74) is 2.03. The summed E-state index contributed by atoms with van der Waals surface area (Å²) < 4.78 is 5.50. The molecule has 2 aromatic carbocycles. The molecule has 0 radical (unpaired) electrons. The second-order valence-corrected chi connectivity index (χ2v) is 6.29. The van der Waals surface area contributed by atoms with Gasteiger partial charge in [0.05, 0.1) is 27.9 Å². The van der Waals surface area contributed by atoms with Gasteiger partial charge in [-0.2, -0.15) is 10.1 Å². The van der Waals surface area contributed by atoms with Crippen molar-refractivity contribution in [3.8, 4) is 0 Å². The van der Waals surface area contributed by atoms with Crippen molar-refractivity contribution < 1.29 is 9.21 Å². The van der Waals surface area contributed by atoms with Crippen molar-refractivity contribution in [2.75, 3.05) is 5.01 Å². The maximum absolute atomic E-state index is 12.8. The van der Waals surface area contributed by atoms with Gasteiger partial charge in [-0.25, -0.2) is 0 Å². The molecule has 0 saturated carbocycles. The van der Waals surface area contributed by atoms with E-state index in [2.05, 4.69) is 5.10 Å². The Balaban J connectivity index is 1.77. The fraction of sp³-hybridized carbons (Fsp3) is 0.0500. The zero-order chi connectivity index (χ0) is 18.3. The number of nitrogens with zero attached hydrogens (tertiary/aromatic N) is 2. The molecule has 0 N–H and O–H groups in total. The summed E-state index contributed by atoms with van der Waals surface area (Å²) in [6.45, 7) is 1.72. The van der Waals surface area contributed by atoms with Gasteiger partial charge in [0, 0.05) is 5.02 Å². The summed E-state index contributed by atoms with van der Waals surface area (Å²) in [4.78, 5) is 25.4. The summed E-state index contributed by atoms with van der Waals surface area (Å²) in [5, 5.41) is 6.54. The summed E-state index contributed by atoms with van der Waals surface area (Å²) in [5.74, 6) is -0.322. The molecule has 26 heavy (non-hydrogen) atoms. The first-order valence-corrected chi connectivity index (χ1v) is 8.30. The molecule has 0 saturated heterocycles. The number of fused-ring (bicyclic) bond motifs is 1. The molecule has 0 spiro atoms. The van der Waals surface area contributed by atoms with E-state index in [1.165, 1.54) is 17.3 Å². The summed E-state index contributed by atoms with van der Waals surface area (Å²) in [6.07, 6.45) is 2.88. The van der Waals surface area contributed by atoms with Crippen molar-refractivity contribution in [3.63, 3.8) is 0 Å². The second-order valence-electron chi connectivity index (χ2n) is 5.86. The molecular weight excluding hydrogens is 352 g/mol. The van der Waals surface area contributed by atoms with E-state index in [4.69, 9.17) is 16.0 Å². The van der Waals surface area contributed by atoms with Gasteiger partial charge in [-0.1, -0.05) is 29.8 Å². The lowest BCUT2D eigenvalue weighted by Gasteiger charge is -2.11. The van der Waals surface area contributed by atoms with Crippen LogP contribution in [0.4, 0.5) is 5.69 Å². The second kappa shape index (κ2) is 6.28. The van der Waals surface area contributed by atoms with Crippen molar-refractivity contribution >= 4 is 46.0 Å². The maximum Gasteiger partial charge on any atom is 0.280 e. The summed E-state index contributed by atoms with van der Waals surface area (Å²) >= 11 is 6.00. The number of hydrogen-bond acceptors (Lipinski definition) is 4. The highest BCUT2D eigenvalue weighted by Crippen LogP contribution is 2.26. The fourth-order valence-corrected chi connectivity index (χ4v) is 3.00. The van der Waals surface area contributed by atoms with E-state index < -0.39 is 0 Å². The Hall–Kier alpha value is -3.18. The Labute approximate surface area is 153 Å². The highest BCUT2D eigenvalue weighted by Gasteiger charge is 2.29. The Bertz CT molecular complexity index is 1160. The van der Waals surface area contributed by atoms with Gasteiger partial charge in [-0.05, 0) is 43.3 Å². The average Bonchev–Trinajstić information content (AvgIpc) is 2.92. The minimum absolute atomic E-state index is 0.193. The molecule has 128 valence electrons. The Kier molecular flexibility index (Phi) is 3.93. The number of hydrogen-bond donors (Lipinski definition) is 0. The van der Waals surface area contributed by atoms with Gasteiger partial charge in [-0.15, -0.1) is 0 Å². The minimum Gasteiger partial charge on any atom is -0.463 e. The normalized spacial score (nSPS) is 15.8. The highest BCUT2D eigenvalue weighted by molar-refractivity contribution is 6.33. The fourth-order valence-electron chi connectivity index (χ4n) is 2.82. The van der Waals surface area contributed by atoms with Crippen molar-refractivity contribution in [2.24, 2.45) is 5.10 Å². The van der Waals surface area contributed by atoms with Gasteiger partial charge in [0.2, 0.25) is 0 Å². The molecule has 5 nitrogen and oxygen atoms in total. The molecule has 0 fully saturated rings. The molecule has 0 bridgehead atoms. The SMILES string of the molecule is CC1=NN(c2cccc(Cl)c2)C(=O)/C1=C/c1coc2ccccc2c1=O. The van der Waals surface area contributed by atoms with Crippen molar-refractivity contribution in [1.29, 1.82) is 0 Å². The molecule has 6 heteroatoms. The van der Waals surface area contributed by atoms with Gasteiger partial charge >= 0.3 is 0 Å². The number of anilines is 1. The number of hydrazone groups is 1. The number of benzene rings is 2. The molecular formula is C20H13ClN2O3. The van der Waals surface area contributed by atoms with E-state index in [1.54, 1.807) is 55.5 Å². The Morgan fingerprint density at radius 3 is 2.73 bits per heavy atom. The molecule has 0 unspecified atom stereocenters. The van der Waals surface area contributed by atoms with E-state index in [0.717, 1.165) is 0 Å². The van der Waals surface area contributed by atoms with Crippen LogP contribution in [-0.2, 0) is 4.79 Å². The van der Waals surface area contributed by atoms with Gasteiger partial charge in [0.25, 0.3) is 5.91 Å². The standard InChI is InChI=1S/C20H13ClN2O3/c1-12-17(20(25)23(22-12)15-6-4-5-14(21)10-15)9-13-11-26-18-8-3-2-7-16(18)19(13)24/h2-11H,1H3/b17-9+. The van der Waals surface area contributed by atoms with Crippen LogP contribution in [0.1, 0.15) is 12.5 Å². The van der Waals surface area contributed by atoms with E-state index >= 15 is 0 Å². The van der Waals surface area contributed by atoms with Crippen LogP contribution in [0, 0.1) is 0 Å². The van der Waals surface area contributed by atoms with E-state index in [9.17, 15) is 9.59 Å². The molecule has 1 aliphatic heterocycles. The number of para-hydroxylation sites is 1. The van der Waals surface area contributed by atoms with Gasteiger partial charge in [0.15, 0.2) is 5.43 Å². The molecule has 0 atom stereocenters. The summed E-state index contributed by atoms with van der Waals surface area (Å²) in [6, 6.07) is 13.8. The first-order chi connectivity index (χ1) is 12.5. The van der Waals surface area contributed by atoms with Crippen LogP contribution < -0.4 is 10.4 Å². The Morgan fingerprint density at radius 2 is 1.92 bits per heavy atom. The topological polar surface area (TPSA) is 62.9 Å². The highest BCUT2D eigenvalue weighted by atomic mass is 35.5. The van der Waals surface area contributed by atoms with Crippen molar-refractivity contribution in [3.05, 3.63) is 81.2 Å². The van der Waals surface area contributed by atoms with Crippen LogP contribution in [0.25, 0.3) is 17.0 Å².